The van der Waals surface area contributed by atoms with Crippen LogP contribution in [-0.4, -0.2) is 17.7 Å². The maximum atomic E-state index is 11.9. The highest BCUT2D eigenvalue weighted by molar-refractivity contribution is 5.83. The Morgan fingerprint density at radius 2 is 2.15 bits per heavy atom. The van der Waals surface area contributed by atoms with Gasteiger partial charge in [0.25, 0.3) is 0 Å². The molecule has 20 heavy (non-hydrogen) atoms. The predicted octanol–water partition coefficient (Wildman–Crippen LogP) is 3.93. The minimum absolute atomic E-state index is 0.482. The summed E-state index contributed by atoms with van der Waals surface area (Å²) in [5, 5.41) is 9.77. The molecule has 0 amide bonds. The third-order valence-corrected chi connectivity index (χ3v) is 4.11. The maximum absolute atomic E-state index is 11.9. The Labute approximate surface area is 120 Å². The van der Waals surface area contributed by atoms with Gasteiger partial charge in [0.05, 0.1) is 12.0 Å². The lowest BCUT2D eigenvalue weighted by atomic mass is 9.72. The summed E-state index contributed by atoms with van der Waals surface area (Å²) in [5.41, 5.74) is 0.0608. The molecule has 1 unspecified atom stereocenters. The van der Waals surface area contributed by atoms with Gasteiger partial charge in [-0.05, 0) is 25.3 Å². The van der Waals surface area contributed by atoms with Crippen LogP contribution in [0.25, 0.3) is 0 Å². The second-order valence-electron chi connectivity index (χ2n) is 5.37. The van der Waals surface area contributed by atoms with Crippen molar-refractivity contribution in [3.05, 3.63) is 42.5 Å². The van der Waals surface area contributed by atoms with Crippen molar-refractivity contribution >= 4 is 5.97 Å². The lowest BCUT2D eigenvalue weighted by molar-refractivity contribution is -0.145. The fraction of sp³-hybridized carbons (Fsp3) is 0.471. The molecule has 0 saturated carbocycles. The average molecular weight is 274 g/mol. The summed E-state index contributed by atoms with van der Waals surface area (Å²) in [4.78, 5) is 11.9. The predicted molar refractivity (Wildman–Crippen MR) is 79.1 cm³/mol. The highest BCUT2D eigenvalue weighted by atomic mass is 16.5. The number of benzene rings is 1. The molecule has 0 saturated heterocycles. The van der Waals surface area contributed by atoms with E-state index in [9.17, 15) is 9.90 Å². The highest BCUT2D eigenvalue weighted by Crippen LogP contribution is 2.42. The van der Waals surface area contributed by atoms with E-state index in [1.54, 1.807) is 0 Å². The molecule has 0 aromatic heterocycles. The second kappa shape index (κ2) is 6.60. The minimum Gasteiger partial charge on any atom is -0.493 e. The van der Waals surface area contributed by atoms with Gasteiger partial charge in [0.1, 0.15) is 5.75 Å². The van der Waals surface area contributed by atoms with E-state index in [0.29, 0.717) is 19.4 Å². The summed E-state index contributed by atoms with van der Waals surface area (Å²) < 4.78 is 5.60. The SMILES string of the molecule is C=CCCCCCC1(C(=O)O)CCOc2ccccc21. The number of para-hydroxylation sites is 1. The summed E-state index contributed by atoms with van der Waals surface area (Å²) in [6, 6.07) is 7.54. The molecule has 0 bridgehead atoms. The van der Waals surface area contributed by atoms with Gasteiger partial charge in [0.15, 0.2) is 0 Å². The number of unbranched alkanes of at least 4 members (excludes halogenated alkanes) is 3. The van der Waals surface area contributed by atoms with Crippen LogP contribution in [0.1, 0.15) is 44.1 Å². The Morgan fingerprint density at radius 1 is 1.35 bits per heavy atom. The molecule has 3 heteroatoms. The molecule has 1 atom stereocenters. The lowest BCUT2D eigenvalue weighted by Crippen LogP contribution is -2.40. The van der Waals surface area contributed by atoms with Gasteiger partial charge >= 0.3 is 5.97 Å². The molecule has 2 rings (SSSR count). The van der Waals surface area contributed by atoms with Crippen LogP contribution in [-0.2, 0) is 10.2 Å². The van der Waals surface area contributed by atoms with Gasteiger partial charge in [0.2, 0.25) is 0 Å². The summed E-state index contributed by atoms with van der Waals surface area (Å²) >= 11 is 0. The molecule has 1 aromatic rings. The van der Waals surface area contributed by atoms with Crippen molar-refractivity contribution < 1.29 is 14.6 Å². The van der Waals surface area contributed by atoms with Gasteiger partial charge in [-0.3, -0.25) is 4.79 Å². The molecular formula is C17H22O3. The van der Waals surface area contributed by atoms with Crippen molar-refractivity contribution in [1.29, 1.82) is 0 Å². The van der Waals surface area contributed by atoms with Crippen LogP contribution >= 0.6 is 0 Å². The van der Waals surface area contributed by atoms with E-state index in [-0.39, 0.29) is 0 Å². The summed E-state index contributed by atoms with van der Waals surface area (Å²) in [6.07, 6.45) is 7.20. The molecule has 0 radical (unpaired) electrons. The molecule has 3 nitrogen and oxygen atoms in total. The third-order valence-electron chi connectivity index (χ3n) is 4.11. The van der Waals surface area contributed by atoms with Crippen molar-refractivity contribution in [3.63, 3.8) is 0 Å². The molecule has 1 heterocycles. The van der Waals surface area contributed by atoms with Gasteiger partial charge < -0.3 is 9.84 Å². The lowest BCUT2D eigenvalue weighted by Gasteiger charge is -2.35. The normalized spacial score (nSPS) is 20.8. The maximum Gasteiger partial charge on any atom is 0.314 e. The molecule has 1 aromatic carbocycles. The van der Waals surface area contributed by atoms with E-state index in [1.165, 1.54) is 0 Å². The smallest absolute Gasteiger partial charge is 0.314 e. The van der Waals surface area contributed by atoms with E-state index in [0.717, 1.165) is 37.0 Å². The van der Waals surface area contributed by atoms with Crippen molar-refractivity contribution in [2.24, 2.45) is 0 Å². The topological polar surface area (TPSA) is 46.5 Å². The summed E-state index contributed by atoms with van der Waals surface area (Å²) in [7, 11) is 0. The first-order chi connectivity index (χ1) is 9.70. The van der Waals surface area contributed by atoms with Crippen LogP contribution in [0.3, 0.4) is 0 Å². The molecule has 0 fully saturated rings. The number of carbonyl (C=O) groups is 1. The molecule has 0 aliphatic carbocycles. The summed E-state index contributed by atoms with van der Waals surface area (Å²) in [6.45, 7) is 4.19. The van der Waals surface area contributed by atoms with Crippen molar-refractivity contribution in [3.8, 4) is 5.75 Å². The first-order valence-electron chi connectivity index (χ1n) is 7.27. The third kappa shape index (κ3) is 2.87. The monoisotopic (exact) mass is 274 g/mol. The molecule has 108 valence electrons. The zero-order valence-corrected chi connectivity index (χ0v) is 11.8. The number of ether oxygens (including phenoxy) is 1. The first-order valence-corrected chi connectivity index (χ1v) is 7.27. The van der Waals surface area contributed by atoms with Gasteiger partial charge in [-0.1, -0.05) is 37.1 Å². The van der Waals surface area contributed by atoms with Crippen LogP contribution in [0.5, 0.6) is 5.75 Å². The van der Waals surface area contributed by atoms with Crippen LogP contribution in [0, 0.1) is 0 Å². The van der Waals surface area contributed by atoms with Gasteiger partial charge in [-0.2, -0.15) is 0 Å². The van der Waals surface area contributed by atoms with Gasteiger partial charge in [-0.25, -0.2) is 0 Å². The molecule has 1 aliphatic heterocycles. The number of allylic oxidation sites excluding steroid dienone is 1. The van der Waals surface area contributed by atoms with Gasteiger partial charge in [-0.15, -0.1) is 6.58 Å². The molecular weight excluding hydrogens is 252 g/mol. The highest BCUT2D eigenvalue weighted by Gasteiger charge is 2.43. The number of rotatable bonds is 7. The second-order valence-corrected chi connectivity index (χ2v) is 5.37. The number of fused-ring (bicyclic) bond motifs is 1. The molecule has 1 N–H and O–H groups in total. The quantitative estimate of drug-likeness (QED) is 0.605. The average Bonchev–Trinajstić information content (AvgIpc) is 2.47. The van der Waals surface area contributed by atoms with Gasteiger partial charge in [0, 0.05) is 12.0 Å². The summed E-state index contributed by atoms with van der Waals surface area (Å²) in [5.74, 6) is 0.00390. The Hall–Kier alpha value is -1.77. The van der Waals surface area contributed by atoms with Crippen LogP contribution in [0.4, 0.5) is 0 Å². The standard InChI is InChI=1S/C17H22O3/c1-2-3-4-5-8-11-17(16(18)19)12-13-20-15-10-7-6-9-14(15)17/h2,6-7,9-10H,1,3-5,8,11-13H2,(H,18,19). The Kier molecular flexibility index (Phi) is 4.83. The number of hydrogen-bond donors (Lipinski definition) is 1. The van der Waals surface area contributed by atoms with Crippen LogP contribution in [0.15, 0.2) is 36.9 Å². The van der Waals surface area contributed by atoms with E-state index >= 15 is 0 Å². The Morgan fingerprint density at radius 3 is 2.90 bits per heavy atom. The number of carboxylic acids is 1. The fourth-order valence-electron chi connectivity index (χ4n) is 2.94. The Balaban J connectivity index is 2.14. The first kappa shape index (κ1) is 14.6. The zero-order valence-electron chi connectivity index (χ0n) is 11.8. The minimum atomic E-state index is -0.775. The Bertz CT molecular complexity index is 481. The fourth-order valence-corrected chi connectivity index (χ4v) is 2.94. The largest absolute Gasteiger partial charge is 0.493 e. The molecule has 0 spiro atoms. The molecule has 1 aliphatic rings. The van der Waals surface area contributed by atoms with Crippen LogP contribution in [0.2, 0.25) is 0 Å². The number of aliphatic carboxylic acids is 1. The zero-order chi connectivity index (χ0) is 14.4. The van der Waals surface area contributed by atoms with Crippen molar-refractivity contribution in [2.75, 3.05) is 6.61 Å². The van der Waals surface area contributed by atoms with E-state index in [2.05, 4.69) is 6.58 Å². The van der Waals surface area contributed by atoms with Crippen LogP contribution < -0.4 is 4.74 Å². The van der Waals surface area contributed by atoms with Crippen molar-refractivity contribution in [1.82, 2.24) is 0 Å². The van der Waals surface area contributed by atoms with E-state index in [1.807, 2.05) is 30.3 Å². The van der Waals surface area contributed by atoms with E-state index < -0.39 is 11.4 Å². The number of hydrogen-bond acceptors (Lipinski definition) is 2. The number of carboxylic acid groups (broad SMARTS) is 1. The van der Waals surface area contributed by atoms with E-state index in [4.69, 9.17) is 4.74 Å². The van der Waals surface area contributed by atoms with Crippen molar-refractivity contribution in [2.45, 2.75) is 43.9 Å².